The summed E-state index contributed by atoms with van der Waals surface area (Å²) in [4.78, 5) is 73.4. The number of rotatable bonds is 27. The zero-order valence-corrected chi connectivity index (χ0v) is 65.6. The van der Waals surface area contributed by atoms with Crippen LogP contribution in [-0.2, 0) is 43.0 Å². The average Bonchev–Trinajstić information content (AvgIpc) is 2.90. The van der Waals surface area contributed by atoms with Crippen LogP contribution in [0.2, 0.25) is 0 Å². The minimum atomic E-state index is -0.339. The molecule has 1 aliphatic heterocycles. The van der Waals surface area contributed by atoms with Gasteiger partial charge in [0.1, 0.15) is 5.60 Å². The Morgan fingerprint density at radius 3 is 1.10 bits per heavy atom. The van der Waals surface area contributed by atoms with Gasteiger partial charge in [-0.2, -0.15) is 0 Å². The molecule has 13 nitrogen and oxygen atoms in total. The predicted octanol–water partition coefficient (Wildman–Crippen LogP) is 20.0. The molecular formula is C78H156N4O9. The second-order valence-electron chi connectivity index (χ2n) is 31.7. The lowest BCUT2D eigenvalue weighted by molar-refractivity contribution is -0.162. The number of carbonyl (C=O) groups excluding carboxylic acids is 6. The van der Waals surface area contributed by atoms with Crippen LogP contribution < -0.4 is 11.5 Å². The van der Waals surface area contributed by atoms with Crippen LogP contribution in [0.3, 0.4) is 0 Å². The lowest BCUT2D eigenvalue weighted by Gasteiger charge is -2.34. The van der Waals surface area contributed by atoms with Crippen LogP contribution in [0.25, 0.3) is 0 Å². The van der Waals surface area contributed by atoms with Gasteiger partial charge in [0.2, 0.25) is 17.7 Å². The van der Waals surface area contributed by atoms with Gasteiger partial charge in [-0.05, 0) is 166 Å². The van der Waals surface area contributed by atoms with Crippen LogP contribution in [0.5, 0.6) is 0 Å². The first-order chi connectivity index (χ1) is 40.9. The van der Waals surface area contributed by atoms with E-state index in [0.29, 0.717) is 83.0 Å². The number of primary amides is 2. The van der Waals surface area contributed by atoms with Crippen LogP contribution in [0.1, 0.15) is 294 Å². The summed E-state index contributed by atoms with van der Waals surface area (Å²) in [5, 5.41) is 0. The average molecular weight is 1290 g/mol. The summed E-state index contributed by atoms with van der Waals surface area (Å²) in [6.45, 7) is 70.7. The molecule has 7 unspecified atom stereocenters. The van der Waals surface area contributed by atoms with Crippen molar-refractivity contribution < 1.29 is 43.0 Å². The normalized spacial score (nSPS) is 15.3. The number of carbonyl (C=O) groups is 6. The lowest BCUT2D eigenvalue weighted by atomic mass is 9.73. The van der Waals surface area contributed by atoms with E-state index >= 15 is 0 Å². The fraction of sp³-hybridized carbons (Fsp3) is 0.859. The van der Waals surface area contributed by atoms with E-state index in [1.165, 1.54) is 27.6 Å². The predicted molar refractivity (Wildman–Crippen MR) is 391 cm³/mol. The van der Waals surface area contributed by atoms with Crippen LogP contribution >= 0.6 is 0 Å². The zero-order valence-electron chi connectivity index (χ0n) is 65.6. The van der Waals surface area contributed by atoms with Crippen molar-refractivity contribution in [2.75, 3.05) is 20.8 Å². The highest BCUT2D eigenvalue weighted by molar-refractivity contribution is 5.80. The molecule has 1 aliphatic rings. The number of amides is 3. The van der Waals surface area contributed by atoms with E-state index in [0.717, 1.165) is 75.7 Å². The third-order valence-corrected chi connectivity index (χ3v) is 17.3. The number of methoxy groups -OCH3 is 2. The highest BCUT2D eigenvalue weighted by Crippen LogP contribution is 2.36. The zero-order chi connectivity index (χ0) is 72.4. The van der Waals surface area contributed by atoms with E-state index in [1.54, 1.807) is 12.4 Å². The Bertz CT molecular complexity index is 1950. The molecule has 0 saturated carbocycles. The minimum absolute atomic E-state index is 0. The third-order valence-electron chi connectivity index (χ3n) is 17.3. The number of pyridine rings is 1. The monoisotopic (exact) mass is 1290 g/mol. The second-order valence-corrected chi connectivity index (χ2v) is 31.7. The summed E-state index contributed by atoms with van der Waals surface area (Å²) in [7, 11) is 2.92. The number of ether oxygens (including phenoxy) is 3. The summed E-state index contributed by atoms with van der Waals surface area (Å²) in [6, 6.07) is 6.18. The maximum Gasteiger partial charge on any atom is 0.311 e. The van der Waals surface area contributed by atoms with Crippen LogP contribution in [0.4, 0.5) is 0 Å². The molecule has 1 aromatic rings. The van der Waals surface area contributed by atoms with Crippen molar-refractivity contribution in [3.8, 4) is 0 Å². The second kappa shape index (κ2) is 53.2. The Morgan fingerprint density at radius 1 is 0.505 bits per heavy atom. The first kappa shape index (κ1) is 101. The molecule has 2 rings (SSSR count). The van der Waals surface area contributed by atoms with Crippen molar-refractivity contribution in [1.29, 1.82) is 0 Å². The van der Waals surface area contributed by atoms with Crippen molar-refractivity contribution in [2.24, 2.45) is 123 Å². The van der Waals surface area contributed by atoms with Crippen LogP contribution in [-0.4, -0.2) is 77.9 Å². The highest BCUT2D eigenvalue weighted by atomic mass is 16.6. The molecular weight excluding hydrogens is 1140 g/mol. The third kappa shape index (κ3) is 50.1. The van der Waals surface area contributed by atoms with Crippen LogP contribution in [0.15, 0.2) is 30.6 Å². The number of esters is 3. The molecule has 13 heteroatoms. The fourth-order valence-corrected chi connectivity index (χ4v) is 10.8. The first-order valence-electron chi connectivity index (χ1n) is 35.0. The smallest absolute Gasteiger partial charge is 0.311 e. The Kier molecular flexibility index (Phi) is 58.8. The molecule has 0 aliphatic carbocycles. The number of hydrogen-bond donors (Lipinski definition) is 2. The molecule has 0 radical (unpaired) electrons. The van der Waals surface area contributed by atoms with Gasteiger partial charge in [-0.25, -0.2) is 0 Å². The lowest BCUT2D eigenvalue weighted by Crippen LogP contribution is -2.40. The maximum atomic E-state index is 11.6. The van der Waals surface area contributed by atoms with Crippen LogP contribution in [0, 0.1) is 111 Å². The minimum Gasteiger partial charge on any atom is -0.469 e. The van der Waals surface area contributed by atoms with E-state index in [1.807, 2.05) is 66.7 Å². The van der Waals surface area contributed by atoms with E-state index < -0.39 is 0 Å². The SMILES string of the molecule is C.CC(=O)OC(C)(CC(C)C)C(C)C.CC(C)CC(C(C)C)N1CCCC1=O.CC(C)CC(C(N)=O)C(C)C.CC(C)CC(C)(C(N)=O)C(C)C.CC(C)CC(C)C(C)C.COC(=O)C(C)(CC(C)C)C(C)C.COC(=O)C(CC(C)C)C(C)C.c1ccncc1. The molecule has 0 aromatic carbocycles. The molecule has 4 N–H and O–H groups in total. The van der Waals surface area contributed by atoms with Crippen molar-refractivity contribution in [2.45, 2.75) is 305 Å². The van der Waals surface area contributed by atoms with Crippen molar-refractivity contribution in [3.05, 3.63) is 30.6 Å². The first-order valence-corrected chi connectivity index (χ1v) is 35.0. The maximum absolute atomic E-state index is 11.6. The molecule has 1 saturated heterocycles. The number of nitrogens with zero attached hydrogens (tertiary/aromatic N) is 2. The molecule has 0 bridgehead atoms. The Labute approximate surface area is 565 Å². The fourth-order valence-electron chi connectivity index (χ4n) is 10.8. The van der Waals surface area contributed by atoms with Gasteiger partial charge in [0.15, 0.2) is 0 Å². The molecule has 1 aromatic heterocycles. The van der Waals surface area contributed by atoms with Gasteiger partial charge in [-0.3, -0.25) is 33.8 Å². The van der Waals surface area contributed by atoms with Crippen molar-refractivity contribution in [3.63, 3.8) is 0 Å². The summed E-state index contributed by atoms with van der Waals surface area (Å²) < 4.78 is 14.9. The van der Waals surface area contributed by atoms with E-state index in [-0.39, 0.29) is 65.4 Å². The molecule has 2 heterocycles. The molecule has 3 amide bonds. The van der Waals surface area contributed by atoms with Gasteiger partial charge in [-0.1, -0.05) is 221 Å². The topological polar surface area (TPSA) is 198 Å². The molecule has 1 fully saturated rings. The summed E-state index contributed by atoms with van der Waals surface area (Å²) in [5.41, 5.74) is 9.65. The van der Waals surface area contributed by atoms with Gasteiger partial charge in [-0.15, -0.1) is 0 Å². The van der Waals surface area contributed by atoms with Crippen molar-refractivity contribution in [1.82, 2.24) is 9.88 Å². The highest BCUT2D eigenvalue weighted by Gasteiger charge is 2.39. The number of likely N-dealkylation sites (tertiary alicyclic amines) is 1. The Hall–Kier alpha value is -4.03. The van der Waals surface area contributed by atoms with Gasteiger partial charge in [0.25, 0.3) is 0 Å². The standard InChI is InChI=1S/C12H23NO.2C11H22O2.C10H21NO.C10H20O2.C9H19NO.C9H20.C5H5N.CH4/c1-9(2)8-11(10(3)4)13-7-5-6-12(13)14;1-8(2)7-11(5,9(3)4)10(12)13-6;1-8(2)7-11(6,9(3)4)13-10(5)12;1-7(2)6-10(5,8(3)4)9(11)12;1-7(2)6-9(8(3)4)10(11)12-5;1-6(2)5-8(7(3)4)9(10)11;1-7(2)6-9(5)8(3)4;1-2-4-6-5-3-1;/h9-11H,5-8H2,1-4H3;2*8-9H,7H2,1-6H3;7-8H,6H2,1-5H3,(H2,11,12);7-9H,6H2,1-5H3;6-8H,5H2,1-4H3,(H2,10,11);7-9H,6H2,1-5H3;1-5H;1H4. The van der Waals surface area contributed by atoms with Gasteiger partial charge >= 0.3 is 17.9 Å². The number of hydrogen-bond acceptors (Lipinski definition) is 10. The Balaban J connectivity index is -0.000000178. The molecule has 7 atom stereocenters. The molecule has 542 valence electrons. The molecule has 91 heavy (non-hydrogen) atoms. The van der Waals surface area contributed by atoms with Crippen molar-refractivity contribution >= 4 is 35.6 Å². The largest absolute Gasteiger partial charge is 0.469 e. The van der Waals surface area contributed by atoms with Gasteiger partial charge in [0.05, 0.1) is 25.6 Å². The number of aromatic nitrogens is 1. The summed E-state index contributed by atoms with van der Waals surface area (Å²) >= 11 is 0. The van der Waals surface area contributed by atoms with Gasteiger partial charge in [0, 0.05) is 49.7 Å². The quantitative estimate of drug-likeness (QED) is 0.0631. The van der Waals surface area contributed by atoms with E-state index in [4.69, 9.17) is 25.7 Å². The Morgan fingerprint density at radius 2 is 0.901 bits per heavy atom. The van der Waals surface area contributed by atoms with Gasteiger partial charge < -0.3 is 30.6 Å². The summed E-state index contributed by atoms with van der Waals surface area (Å²) in [6.07, 6.45) is 12.3. The summed E-state index contributed by atoms with van der Waals surface area (Å²) in [5.74, 6) is 8.11. The van der Waals surface area contributed by atoms with E-state index in [9.17, 15) is 28.8 Å². The molecule has 0 spiro atoms. The van der Waals surface area contributed by atoms with E-state index in [2.05, 4.69) is 183 Å². The number of nitrogens with two attached hydrogens (primary N) is 2.